The van der Waals surface area contributed by atoms with Gasteiger partial charge in [0.1, 0.15) is 12.3 Å². The van der Waals surface area contributed by atoms with Crippen molar-refractivity contribution >= 4 is 11.9 Å². The third-order valence-electron chi connectivity index (χ3n) is 4.48. The average Bonchev–Trinajstić information content (AvgIpc) is 2.77. The van der Waals surface area contributed by atoms with Gasteiger partial charge in [-0.2, -0.15) is 0 Å². The normalized spacial score (nSPS) is 29.9. The second-order valence-electron chi connectivity index (χ2n) is 5.48. The van der Waals surface area contributed by atoms with Crippen LogP contribution in [0.3, 0.4) is 0 Å². The number of esters is 1. The molecule has 1 saturated carbocycles. The number of amides is 1. The summed E-state index contributed by atoms with van der Waals surface area (Å²) in [5, 5.41) is 0. The highest BCUT2D eigenvalue weighted by Crippen LogP contribution is 2.51. The average molecular weight is 273 g/mol. The number of nitrogens with zero attached hydrogens (tertiary/aromatic N) is 1. The summed E-state index contributed by atoms with van der Waals surface area (Å²) in [6, 6.07) is 0.0779. The maximum atomic E-state index is 12.2. The number of fused-ring (bicyclic) bond motifs is 3. The first-order chi connectivity index (χ1) is 9.70. The maximum absolute atomic E-state index is 12.2. The molecule has 0 unspecified atom stereocenters. The lowest BCUT2D eigenvalue weighted by Crippen LogP contribution is -2.55. The largest absolute Gasteiger partial charge is 0.457 e. The van der Waals surface area contributed by atoms with E-state index >= 15 is 0 Å². The molecular weight excluding hydrogens is 254 g/mol. The lowest BCUT2D eigenvalue weighted by atomic mass is 9.77. The Labute approximate surface area is 118 Å². The number of hydrogen-bond acceptors (Lipinski definition) is 3. The fourth-order valence-electron chi connectivity index (χ4n) is 3.67. The lowest BCUT2D eigenvalue weighted by molar-refractivity contribution is -0.145. The molecule has 2 fully saturated rings. The molecule has 20 heavy (non-hydrogen) atoms. The van der Waals surface area contributed by atoms with Crippen molar-refractivity contribution in [3.8, 4) is 0 Å². The third-order valence-corrected chi connectivity index (χ3v) is 4.48. The number of β-lactam (4-membered cyclic amide) rings is 1. The van der Waals surface area contributed by atoms with Crippen molar-refractivity contribution in [2.24, 2.45) is 5.92 Å². The summed E-state index contributed by atoms with van der Waals surface area (Å²) in [6.07, 6.45) is 7.64. The summed E-state index contributed by atoms with van der Waals surface area (Å²) in [6.45, 7) is 5.62. The molecule has 0 N–H and O–H groups in total. The van der Waals surface area contributed by atoms with Gasteiger partial charge in [-0.05, 0) is 31.8 Å². The Kier molecular flexibility index (Phi) is 3.24. The summed E-state index contributed by atoms with van der Waals surface area (Å²) < 4.78 is 5.17. The van der Waals surface area contributed by atoms with Crippen molar-refractivity contribution in [3.05, 3.63) is 35.6 Å². The highest BCUT2D eigenvalue weighted by molar-refractivity contribution is 6.09. The number of carbonyl (C=O) groups is 2. The minimum absolute atomic E-state index is 0.0371. The zero-order valence-corrected chi connectivity index (χ0v) is 11.7. The van der Waals surface area contributed by atoms with Crippen LogP contribution in [-0.4, -0.2) is 29.4 Å². The van der Waals surface area contributed by atoms with Crippen LogP contribution in [0.2, 0.25) is 0 Å². The van der Waals surface area contributed by atoms with Crippen molar-refractivity contribution in [2.75, 3.05) is 6.61 Å². The molecule has 4 nitrogen and oxygen atoms in total. The minimum Gasteiger partial charge on any atom is -0.457 e. The topological polar surface area (TPSA) is 46.6 Å². The molecule has 0 spiro atoms. The molecule has 1 amide bonds. The van der Waals surface area contributed by atoms with E-state index in [2.05, 4.69) is 6.58 Å². The second kappa shape index (κ2) is 4.93. The molecule has 3 rings (SSSR count). The van der Waals surface area contributed by atoms with E-state index in [-0.39, 0.29) is 24.5 Å². The number of ether oxygens (including phenoxy) is 1. The first-order valence-corrected chi connectivity index (χ1v) is 7.21. The van der Waals surface area contributed by atoms with Gasteiger partial charge in [0.15, 0.2) is 0 Å². The van der Waals surface area contributed by atoms with Crippen molar-refractivity contribution in [1.29, 1.82) is 0 Å². The van der Waals surface area contributed by atoms with Crippen molar-refractivity contribution in [1.82, 2.24) is 4.90 Å². The third kappa shape index (κ3) is 1.67. The summed E-state index contributed by atoms with van der Waals surface area (Å²) in [5.41, 5.74) is 2.48. The standard InChI is InChI=1S/C16H19NO3/c1-3-9-20-16(19)14-12-8-6-5-7-11(12)13-10(4-2)15(18)17(13)14/h3-4,11,13H,1,5-9H2,2H3/b10-4+/t11-,13-/m0/s1. The Morgan fingerprint density at radius 1 is 1.50 bits per heavy atom. The molecule has 1 aliphatic carbocycles. The molecule has 2 atom stereocenters. The highest BCUT2D eigenvalue weighted by atomic mass is 16.5. The van der Waals surface area contributed by atoms with Crippen LogP contribution >= 0.6 is 0 Å². The van der Waals surface area contributed by atoms with Crippen LogP contribution in [0, 0.1) is 5.92 Å². The predicted molar refractivity (Wildman–Crippen MR) is 74.5 cm³/mol. The molecule has 0 bridgehead atoms. The van der Waals surface area contributed by atoms with E-state index in [4.69, 9.17) is 4.74 Å². The Bertz CT molecular complexity index is 544. The number of hydrogen-bond donors (Lipinski definition) is 0. The van der Waals surface area contributed by atoms with Crippen molar-refractivity contribution in [3.63, 3.8) is 0 Å². The molecule has 1 saturated heterocycles. The summed E-state index contributed by atoms with van der Waals surface area (Å²) >= 11 is 0. The number of carbonyl (C=O) groups excluding carboxylic acids is 2. The van der Waals surface area contributed by atoms with Gasteiger partial charge in [-0.3, -0.25) is 9.69 Å². The molecule has 0 aromatic rings. The van der Waals surface area contributed by atoms with Crippen LogP contribution in [-0.2, 0) is 14.3 Å². The highest BCUT2D eigenvalue weighted by Gasteiger charge is 2.56. The van der Waals surface area contributed by atoms with Gasteiger partial charge < -0.3 is 4.74 Å². The number of allylic oxidation sites excluding steroid dienone is 1. The predicted octanol–water partition coefficient (Wildman–Crippen LogP) is 2.33. The van der Waals surface area contributed by atoms with Gasteiger partial charge in [0.25, 0.3) is 5.91 Å². The number of rotatable bonds is 3. The van der Waals surface area contributed by atoms with Crippen molar-refractivity contribution < 1.29 is 14.3 Å². The van der Waals surface area contributed by atoms with Gasteiger partial charge in [-0.1, -0.05) is 25.2 Å². The first-order valence-electron chi connectivity index (χ1n) is 7.21. The van der Waals surface area contributed by atoms with Gasteiger partial charge in [-0.15, -0.1) is 0 Å². The summed E-state index contributed by atoms with van der Waals surface area (Å²) in [4.78, 5) is 26.1. The molecular formula is C16H19NO3. The summed E-state index contributed by atoms with van der Waals surface area (Å²) in [7, 11) is 0. The molecule has 2 aliphatic heterocycles. The monoisotopic (exact) mass is 273 g/mol. The molecule has 106 valence electrons. The maximum Gasteiger partial charge on any atom is 0.355 e. The molecule has 0 aromatic heterocycles. The van der Waals surface area contributed by atoms with E-state index in [1.54, 1.807) is 11.0 Å². The van der Waals surface area contributed by atoms with E-state index in [0.717, 1.165) is 30.4 Å². The van der Waals surface area contributed by atoms with Crippen LogP contribution in [0.15, 0.2) is 35.6 Å². The summed E-state index contributed by atoms with van der Waals surface area (Å²) in [5.74, 6) is -0.0957. The molecule has 4 heteroatoms. The Morgan fingerprint density at radius 2 is 2.30 bits per heavy atom. The van der Waals surface area contributed by atoms with Crippen LogP contribution in [0.4, 0.5) is 0 Å². The molecule has 2 heterocycles. The van der Waals surface area contributed by atoms with Gasteiger partial charge in [-0.25, -0.2) is 4.79 Å². The molecule has 3 aliphatic rings. The zero-order valence-electron chi connectivity index (χ0n) is 11.7. The van der Waals surface area contributed by atoms with Crippen LogP contribution in [0.1, 0.15) is 32.6 Å². The molecule has 0 aromatic carbocycles. The van der Waals surface area contributed by atoms with Crippen LogP contribution in [0.5, 0.6) is 0 Å². The molecule has 0 radical (unpaired) electrons. The van der Waals surface area contributed by atoms with E-state index in [0.29, 0.717) is 11.6 Å². The Morgan fingerprint density at radius 3 is 3.00 bits per heavy atom. The second-order valence-corrected chi connectivity index (χ2v) is 5.48. The van der Waals surface area contributed by atoms with E-state index < -0.39 is 0 Å². The fraction of sp³-hybridized carbons (Fsp3) is 0.500. The minimum atomic E-state index is -0.377. The lowest BCUT2D eigenvalue weighted by Gasteiger charge is -2.41. The SMILES string of the molecule is C=CCOC(=O)C1=C2CCCC[C@@H]2[C@@H]2/C(=C\C)C(=O)N12. The fourth-order valence-corrected chi connectivity index (χ4v) is 3.67. The van der Waals surface area contributed by atoms with Gasteiger partial charge in [0, 0.05) is 11.5 Å². The van der Waals surface area contributed by atoms with Gasteiger partial charge in [0.05, 0.1) is 6.04 Å². The van der Waals surface area contributed by atoms with Gasteiger partial charge in [0.2, 0.25) is 0 Å². The van der Waals surface area contributed by atoms with E-state index in [9.17, 15) is 9.59 Å². The van der Waals surface area contributed by atoms with Gasteiger partial charge >= 0.3 is 5.97 Å². The smallest absolute Gasteiger partial charge is 0.355 e. The van der Waals surface area contributed by atoms with Crippen LogP contribution in [0.25, 0.3) is 0 Å². The van der Waals surface area contributed by atoms with Crippen molar-refractivity contribution in [2.45, 2.75) is 38.6 Å². The van der Waals surface area contributed by atoms with E-state index in [1.807, 2.05) is 13.0 Å². The zero-order chi connectivity index (χ0) is 14.3. The Balaban J connectivity index is 1.95. The van der Waals surface area contributed by atoms with E-state index in [1.165, 1.54) is 6.42 Å². The Hall–Kier alpha value is -1.84. The quantitative estimate of drug-likeness (QED) is 0.343. The van der Waals surface area contributed by atoms with Crippen LogP contribution < -0.4 is 0 Å². The first kappa shape index (κ1) is 13.2.